The lowest BCUT2D eigenvalue weighted by atomic mass is 10.3. The molecule has 0 saturated heterocycles. The zero-order valence-corrected chi connectivity index (χ0v) is 6.14. The summed E-state index contributed by atoms with van der Waals surface area (Å²) >= 11 is 0. The second-order valence-corrected chi connectivity index (χ2v) is 2.37. The van der Waals surface area contributed by atoms with E-state index >= 15 is 0 Å². The molecule has 0 fully saturated rings. The molecule has 0 spiro atoms. The van der Waals surface area contributed by atoms with Crippen LogP contribution in [0.15, 0.2) is 19.7 Å². The van der Waals surface area contributed by atoms with Gasteiger partial charge in [-0.2, -0.15) is 0 Å². The van der Waals surface area contributed by atoms with Crippen LogP contribution in [-0.2, 0) is 0 Å². The smallest absolute Gasteiger partial charge is 0.504 e. The van der Waals surface area contributed by atoms with E-state index in [1.54, 1.807) is 0 Å². The van der Waals surface area contributed by atoms with Crippen LogP contribution in [0, 0.1) is 0 Å². The van der Waals surface area contributed by atoms with Crippen molar-refractivity contribution >= 4 is 11.2 Å². The van der Waals surface area contributed by atoms with Gasteiger partial charge in [-0.25, -0.2) is 4.79 Å². The van der Waals surface area contributed by atoms with E-state index in [2.05, 4.69) is 8.83 Å². The molecule has 13 heavy (non-hydrogen) atoms. The molecule has 0 aliphatic heterocycles. The topological polar surface area (TPSA) is 104 Å². The van der Waals surface area contributed by atoms with Crippen LogP contribution in [-0.4, -0.2) is 15.3 Å². The Morgan fingerprint density at radius 2 is 1.77 bits per heavy atom. The van der Waals surface area contributed by atoms with Gasteiger partial charge in [-0.3, -0.25) is 0 Å². The third-order valence-electron chi connectivity index (χ3n) is 1.55. The molecule has 0 aliphatic rings. The second kappa shape index (κ2) is 2.19. The van der Waals surface area contributed by atoms with Gasteiger partial charge in [0.15, 0.2) is 11.3 Å². The SMILES string of the molecule is O=c1oc2cc(O)c(O)c(O)c2o1. The molecule has 68 valence electrons. The molecule has 2 rings (SSSR count). The summed E-state index contributed by atoms with van der Waals surface area (Å²) in [6.07, 6.45) is 0. The van der Waals surface area contributed by atoms with E-state index in [0.29, 0.717) is 0 Å². The number of phenols is 3. The molecular formula is C7H4O6. The Kier molecular flexibility index (Phi) is 1.27. The molecule has 1 aromatic carbocycles. The highest BCUT2D eigenvalue weighted by atomic mass is 16.6. The van der Waals surface area contributed by atoms with Crippen molar-refractivity contribution in [2.75, 3.05) is 0 Å². The molecule has 0 bridgehead atoms. The third-order valence-corrected chi connectivity index (χ3v) is 1.55. The fraction of sp³-hybridized carbons (Fsp3) is 0. The van der Waals surface area contributed by atoms with Gasteiger partial charge >= 0.3 is 5.82 Å². The van der Waals surface area contributed by atoms with Crippen molar-refractivity contribution in [2.24, 2.45) is 0 Å². The second-order valence-electron chi connectivity index (χ2n) is 2.37. The molecule has 0 saturated carbocycles. The molecule has 0 amide bonds. The van der Waals surface area contributed by atoms with Crippen LogP contribution in [0.3, 0.4) is 0 Å². The van der Waals surface area contributed by atoms with Crippen molar-refractivity contribution in [3.05, 3.63) is 16.7 Å². The van der Waals surface area contributed by atoms with Crippen LogP contribution in [0.5, 0.6) is 17.2 Å². The van der Waals surface area contributed by atoms with Crippen LogP contribution in [0.25, 0.3) is 11.2 Å². The number of benzene rings is 1. The monoisotopic (exact) mass is 184 g/mol. The zero-order valence-electron chi connectivity index (χ0n) is 6.14. The largest absolute Gasteiger partial charge is 0.519 e. The maximum atomic E-state index is 10.6. The maximum Gasteiger partial charge on any atom is 0.519 e. The number of hydrogen-bond acceptors (Lipinski definition) is 6. The Hall–Kier alpha value is -2.11. The molecular weight excluding hydrogens is 180 g/mol. The molecule has 1 aromatic heterocycles. The predicted octanol–water partition coefficient (Wildman–Crippen LogP) is 0.503. The Morgan fingerprint density at radius 3 is 2.46 bits per heavy atom. The fourth-order valence-electron chi connectivity index (χ4n) is 0.972. The zero-order chi connectivity index (χ0) is 9.59. The summed E-state index contributed by atoms with van der Waals surface area (Å²) in [5.74, 6) is -3.08. The molecule has 0 aliphatic carbocycles. The van der Waals surface area contributed by atoms with Gasteiger partial charge in [0.05, 0.1) is 0 Å². The van der Waals surface area contributed by atoms with E-state index in [9.17, 15) is 4.79 Å². The first-order valence-electron chi connectivity index (χ1n) is 3.27. The normalized spacial score (nSPS) is 10.8. The molecule has 0 unspecified atom stereocenters. The number of hydrogen-bond donors (Lipinski definition) is 3. The van der Waals surface area contributed by atoms with Gasteiger partial charge in [0.1, 0.15) is 0 Å². The first-order valence-corrected chi connectivity index (χ1v) is 3.27. The Morgan fingerprint density at radius 1 is 1.08 bits per heavy atom. The number of rotatable bonds is 0. The van der Waals surface area contributed by atoms with E-state index < -0.39 is 23.1 Å². The number of phenolic OH excluding ortho intramolecular Hbond substituents is 3. The standard InChI is InChI=1S/C7H4O6/c8-2-1-3-6(5(10)4(2)9)13-7(11)12-3/h1,8-10H. The molecule has 1 heterocycles. The van der Waals surface area contributed by atoms with Gasteiger partial charge in [0, 0.05) is 6.07 Å². The summed E-state index contributed by atoms with van der Waals surface area (Å²) in [6.45, 7) is 0. The summed E-state index contributed by atoms with van der Waals surface area (Å²) in [7, 11) is 0. The average molecular weight is 184 g/mol. The van der Waals surface area contributed by atoms with Crippen LogP contribution in [0.2, 0.25) is 0 Å². The first kappa shape index (κ1) is 7.53. The lowest BCUT2D eigenvalue weighted by molar-refractivity contribution is 0.364. The maximum absolute atomic E-state index is 10.6. The summed E-state index contributed by atoms with van der Waals surface area (Å²) in [4.78, 5) is 10.6. The van der Waals surface area contributed by atoms with Gasteiger partial charge in [0.2, 0.25) is 17.1 Å². The molecule has 6 heteroatoms. The Labute approximate surface area is 70.3 Å². The van der Waals surface area contributed by atoms with Gasteiger partial charge < -0.3 is 24.2 Å². The van der Waals surface area contributed by atoms with Crippen LogP contribution >= 0.6 is 0 Å². The highest BCUT2D eigenvalue weighted by molar-refractivity contribution is 5.82. The van der Waals surface area contributed by atoms with Crippen molar-refractivity contribution in [1.82, 2.24) is 0 Å². The van der Waals surface area contributed by atoms with Crippen molar-refractivity contribution in [1.29, 1.82) is 0 Å². The average Bonchev–Trinajstić information content (AvgIpc) is 2.42. The van der Waals surface area contributed by atoms with Crippen molar-refractivity contribution in [2.45, 2.75) is 0 Å². The van der Waals surface area contributed by atoms with Crippen LogP contribution in [0.1, 0.15) is 0 Å². The van der Waals surface area contributed by atoms with E-state index in [0.717, 1.165) is 6.07 Å². The van der Waals surface area contributed by atoms with Crippen molar-refractivity contribution < 1.29 is 24.2 Å². The predicted molar refractivity (Wildman–Crippen MR) is 39.7 cm³/mol. The van der Waals surface area contributed by atoms with E-state index in [4.69, 9.17) is 15.3 Å². The molecule has 6 nitrogen and oxygen atoms in total. The lowest BCUT2D eigenvalue weighted by Gasteiger charge is -1.97. The van der Waals surface area contributed by atoms with Crippen LogP contribution < -0.4 is 5.82 Å². The molecule has 3 N–H and O–H groups in total. The summed E-state index contributed by atoms with van der Waals surface area (Å²) in [5.41, 5.74) is -0.418. The minimum absolute atomic E-state index is 0.127. The summed E-state index contributed by atoms with van der Waals surface area (Å²) in [5, 5.41) is 27.2. The quantitative estimate of drug-likeness (QED) is 0.515. The van der Waals surface area contributed by atoms with Crippen molar-refractivity contribution in [3.63, 3.8) is 0 Å². The van der Waals surface area contributed by atoms with Gasteiger partial charge in [0.25, 0.3) is 0 Å². The minimum atomic E-state index is -1.02. The third kappa shape index (κ3) is 0.919. The lowest BCUT2D eigenvalue weighted by Crippen LogP contribution is -1.84. The molecule has 2 aromatic rings. The first-order chi connectivity index (χ1) is 6.09. The highest BCUT2D eigenvalue weighted by Crippen LogP contribution is 2.40. The number of aromatic hydroxyl groups is 3. The summed E-state index contributed by atoms with van der Waals surface area (Å²) in [6, 6.07) is 0.968. The molecule has 0 radical (unpaired) electrons. The Bertz CT molecular complexity index is 519. The van der Waals surface area contributed by atoms with E-state index in [1.807, 2.05) is 0 Å². The van der Waals surface area contributed by atoms with Crippen molar-refractivity contribution in [3.8, 4) is 17.2 Å². The minimum Gasteiger partial charge on any atom is -0.504 e. The van der Waals surface area contributed by atoms with Gasteiger partial charge in [-0.1, -0.05) is 0 Å². The number of fused-ring (bicyclic) bond motifs is 1. The van der Waals surface area contributed by atoms with Crippen LogP contribution in [0.4, 0.5) is 0 Å². The van der Waals surface area contributed by atoms with Gasteiger partial charge in [-0.15, -0.1) is 0 Å². The van der Waals surface area contributed by atoms with E-state index in [1.165, 1.54) is 0 Å². The summed E-state index contributed by atoms with van der Waals surface area (Å²) < 4.78 is 8.82. The Balaban J connectivity index is 3.00. The van der Waals surface area contributed by atoms with Gasteiger partial charge in [-0.05, 0) is 0 Å². The highest BCUT2D eigenvalue weighted by Gasteiger charge is 2.16. The fourth-order valence-corrected chi connectivity index (χ4v) is 0.972. The van der Waals surface area contributed by atoms with E-state index in [-0.39, 0.29) is 11.2 Å². The molecule has 0 atom stereocenters.